The van der Waals surface area contributed by atoms with Crippen molar-refractivity contribution in [3.8, 4) is 45.5 Å². The summed E-state index contributed by atoms with van der Waals surface area (Å²) in [5.41, 5.74) is -4.58. The van der Waals surface area contributed by atoms with Gasteiger partial charge >= 0.3 is 0 Å². The van der Waals surface area contributed by atoms with Crippen LogP contribution in [0, 0.1) is 0 Å². The summed E-state index contributed by atoms with van der Waals surface area (Å²) in [6.07, 6.45) is 0. The van der Waals surface area contributed by atoms with E-state index in [9.17, 15) is 13.7 Å². The summed E-state index contributed by atoms with van der Waals surface area (Å²) < 4.78 is 220. The van der Waals surface area contributed by atoms with Gasteiger partial charge < -0.3 is 0 Å². The molecule has 0 aliphatic heterocycles. The van der Waals surface area contributed by atoms with E-state index in [0.717, 1.165) is 23.9 Å². The van der Waals surface area contributed by atoms with E-state index in [1.807, 2.05) is 24.3 Å². The van der Waals surface area contributed by atoms with Crippen molar-refractivity contribution in [1.29, 1.82) is 0 Å². The highest BCUT2D eigenvalue weighted by Gasteiger charge is 2.22. The Balaban J connectivity index is 1.33. The summed E-state index contributed by atoms with van der Waals surface area (Å²) >= 11 is 1.47. The van der Waals surface area contributed by atoms with E-state index in [1.165, 1.54) is 11.3 Å². The molecule has 0 bridgehead atoms. The van der Waals surface area contributed by atoms with Crippen LogP contribution < -0.4 is 0 Å². The van der Waals surface area contributed by atoms with Crippen molar-refractivity contribution >= 4 is 75.1 Å². The first kappa shape index (κ1) is 16.4. The lowest BCUT2D eigenvalue weighted by Gasteiger charge is -2.13. The zero-order valence-electron chi connectivity index (χ0n) is 52.7. The van der Waals surface area contributed by atoms with Crippen LogP contribution >= 0.6 is 11.3 Å². The fraction of sp³-hybridized carbons (Fsp3) is 0. The van der Waals surface area contributed by atoms with Gasteiger partial charge in [-0.3, -0.25) is 9.13 Å². The number of hydrogen-bond donors (Lipinski definition) is 0. The molecule has 0 amide bonds. The lowest BCUT2D eigenvalue weighted by atomic mass is 10.0. The first-order chi connectivity index (χ1) is 38.2. The maximum absolute atomic E-state index is 9.93. The first-order valence-electron chi connectivity index (χ1n) is 29.2. The molecule has 57 heavy (non-hydrogen) atoms. The molecule has 0 fully saturated rings. The van der Waals surface area contributed by atoms with E-state index < -0.39 is 223 Å². The van der Waals surface area contributed by atoms with Gasteiger partial charge in [-0.15, -0.1) is 11.3 Å². The minimum Gasteiger partial charge on any atom is -0.278 e. The molecule has 0 saturated heterocycles. The van der Waals surface area contributed by atoms with Gasteiger partial charge in [0.2, 0.25) is 11.9 Å². The zero-order valence-corrected chi connectivity index (χ0v) is 29.5. The van der Waals surface area contributed by atoms with E-state index in [-0.39, 0.29) is 11.4 Å². The highest BCUT2D eigenvalue weighted by molar-refractivity contribution is 7.25. The van der Waals surface area contributed by atoms with Crippen molar-refractivity contribution in [2.24, 2.45) is 0 Å². The van der Waals surface area contributed by atoms with Gasteiger partial charge in [0.05, 0.1) is 55.0 Å². The monoisotopic (exact) mass is 769 g/mol. The van der Waals surface area contributed by atoms with Gasteiger partial charge in [-0.05, 0) is 70.7 Å². The van der Waals surface area contributed by atoms with E-state index in [4.69, 9.17) is 34.1 Å². The van der Waals surface area contributed by atoms with Crippen LogP contribution in [-0.4, -0.2) is 24.1 Å². The van der Waals surface area contributed by atoms with Gasteiger partial charge in [-0.25, -0.2) is 0 Å². The highest BCUT2D eigenvalue weighted by atomic mass is 32.1. The number of fused-ring (bicyclic) bond motifs is 9. The summed E-state index contributed by atoms with van der Waals surface area (Å²) in [4.78, 5) is 14.6. The second kappa shape index (κ2) is 12.6. The predicted octanol–water partition coefficient (Wildman–Crippen LogP) is 13.4. The molecule has 0 unspecified atom stereocenters. The standard InChI is InChI=1S/C51H31N5S/c1-3-13-32(14-4-1)34-23-26-39-37-17-7-10-20-43(37)55(45(39)30-34)50-52-49(36-25-28-48-42(29-36)41-19-9-12-22-47(41)57-48)53-51(54-50)56-44-21-11-8-18-38(44)40-27-24-35(31-46(40)56)33-15-5-2-6-16-33/h1-31H/i1D,2D,3D,4D,5D,6D,7D,8D,10D,11D,13D,14D,15D,16D,17D,18D,20D,21D,23D,24D,26D,27D,30D,31D. The Hall–Kier alpha value is -7.41. The number of hydrogen-bond acceptors (Lipinski definition) is 4. The molecule has 4 heterocycles. The average molecular weight is 770 g/mol. The molecule has 0 aliphatic carbocycles. The minimum absolute atomic E-state index is 0.211. The molecule has 5 nitrogen and oxygen atoms in total. The third-order valence-corrected chi connectivity index (χ3v) is 10.6. The SMILES string of the molecule is [2H]c1c([2H])c([2H])c(-c2c([2H])c([2H])c3c4c([2H])c([2H])c([2H])c([2H])c4n(-c4nc(-c5ccc6sc7ccccc7c6c5)nc(-n5c6c([2H])c([2H])c([2H])c([2H])c6c6c([2H])c([2H])c(-c7c([2H])c([2H])c([2H])c([2H])c7[2H])c([2H])c65)n4)c3c2[2H])c([2H])c1[2H]. The summed E-state index contributed by atoms with van der Waals surface area (Å²) in [7, 11) is 0. The molecule has 6 heteroatoms. The maximum atomic E-state index is 9.93. The molecule has 0 aliphatic rings. The topological polar surface area (TPSA) is 48.5 Å². The average Bonchev–Trinajstić information content (AvgIpc) is 2.06. The lowest BCUT2D eigenvalue weighted by molar-refractivity contribution is 0.893. The van der Waals surface area contributed by atoms with E-state index in [0.29, 0.717) is 5.39 Å². The number of nitrogens with zero attached hydrogens (tertiary/aromatic N) is 5. The zero-order chi connectivity index (χ0) is 58.3. The third kappa shape index (κ3) is 5.04. The van der Waals surface area contributed by atoms with Crippen LogP contribution in [0.15, 0.2) is 187 Å². The molecule has 12 aromatic rings. The van der Waals surface area contributed by atoms with Crippen LogP contribution in [-0.2, 0) is 0 Å². The van der Waals surface area contributed by atoms with Crippen molar-refractivity contribution < 1.29 is 32.9 Å². The highest BCUT2D eigenvalue weighted by Crippen LogP contribution is 2.39. The molecule has 12 rings (SSSR count). The fourth-order valence-electron chi connectivity index (χ4n) is 6.97. The summed E-state index contributed by atoms with van der Waals surface area (Å²) in [5.74, 6) is -1.62. The predicted molar refractivity (Wildman–Crippen MR) is 238 cm³/mol. The second-order valence-electron chi connectivity index (χ2n) is 12.6. The van der Waals surface area contributed by atoms with E-state index >= 15 is 0 Å². The van der Waals surface area contributed by atoms with Crippen molar-refractivity contribution in [3.63, 3.8) is 0 Å². The summed E-state index contributed by atoms with van der Waals surface area (Å²) in [5, 5.41) is -0.271. The van der Waals surface area contributed by atoms with Crippen LogP contribution in [0.3, 0.4) is 0 Å². The quantitative estimate of drug-likeness (QED) is 0.175. The Labute approximate surface area is 365 Å². The third-order valence-electron chi connectivity index (χ3n) is 9.46. The molecule has 0 radical (unpaired) electrons. The van der Waals surface area contributed by atoms with Crippen LogP contribution in [0.4, 0.5) is 0 Å². The Morgan fingerprint density at radius 3 is 1.49 bits per heavy atom. The summed E-state index contributed by atoms with van der Waals surface area (Å²) in [6, 6.07) is -7.24. The van der Waals surface area contributed by atoms with Crippen molar-refractivity contribution in [3.05, 3.63) is 187 Å². The van der Waals surface area contributed by atoms with Crippen LogP contribution in [0.2, 0.25) is 0 Å². The Morgan fingerprint density at radius 1 is 0.386 bits per heavy atom. The van der Waals surface area contributed by atoms with Gasteiger partial charge in [0, 0.05) is 47.3 Å². The summed E-state index contributed by atoms with van der Waals surface area (Å²) in [6.45, 7) is 0. The van der Waals surface area contributed by atoms with Gasteiger partial charge in [-0.1, -0.05) is 139 Å². The van der Waals surface area contributed by atoms with Gasteiger partial charge in [0.25, 0.3) is 0 Å². The molecular weight excluding hydrogens is 715 g/mol. The first-order valence-corrected chi connectivity index (χ1v) is 18.0. The molecule has 0 atom stereocenters. The Bertz CT molecular complexity index is 4650. The normalized spacial score (nSPS) is 17.8. The van der Waals surface area contributed by atoms with Crippen molar-refractivity contribution in [2.75, 3.05) is 0 Å². The molecular formula is C51H31N5S. The van der Waals surface area contributed by atoms with Gasteiger partial charge in [0.1, 0.15) is 0 Å². The number of thiophene rings is 1. The van der Waals surface area contributed by atoms with Crippen molar-refractivity contribution in [1.82, 2.24) is 24.1 Å². The number of para-hydroxylation sites is 2. The van der Waals surface area contributed by atoms with Crippen LogP contribution in [0.1, 0.15) is 32.9 Å². The molecule has 0 N–H and O–H groups in total. The smallest absolute Gasteiger partial charge is 0.240 e. The lowest BCUT2D eigenvalue weighted by Crippen LogP contribution is -2.10. The van der Waals surface area contributed by atoms with Crippen LogP contribution in [0.5, 0.6) is 0 Å². The molecule has 0 saturated carbocycles. The number of rotatable bonds is 5. The molecule has 0 spiro atoms. The molecule has 266 valence electrons. The molecule has 8 aromatic carbocycles. The second-order valence-corrected chi connectivity index (χ2v) is 13.7. The Kier molecular flexibility index (Phi) is 3.61. The van der Waals surface area contributed by atoms with Gasteiger partial charge in [-0.2, -0.15) is 15.0 Å². The van der Waals surface area contributed by atoms with E-state index in [1.54, 1.807) is 18.2 Å². The maximum Gasteiger partial charge on any atom is 0.240 e. The van der Waals surface area contributed by atoms with E-state index in [2.05, 4.69) is 0 Å². The fourth-order valence-corrected chi connectivity index (χ4v) is 8.06. The van der Waals surface area contributed by atoms with Gasteiger partial charge in [0.15, 0.2) is 5.82 Å². The molecule has 4 aromatic heterocycles. The van der Waals surface area contributed by atoms with Crippen LogP contribution in [0.25, 0.3) is 109 Å². The number of benzene rings is 8. The van der Waals surface area contributed by atoms with Crippen molar-refractivity contribution in [2.45, 2.75) is 0 Å². The number of aromatic nitrogens is 5. The largest absolute Gasteiger partial charge is 0.278 e. The Morgan fingerprint density at radius 2 is 0.895 bits per heavy atom. The minimum atomic E-state index is -0.858.